The Morgan fingerprint density at radius 3 is 2.42 bits per heavy atom. The Morgan fingerprint density at radius 1 is 1.14 bits per heavy atom. The zero-order chi connectivity index (χ0) is 26.8. The maximum absolute atomic E-state index is 12.8. The Hall–Kier alpha value is -2.97. The number of nitrogens with one attached hydrogen (secondary N) is 2. The zero-order valence-electron chi connectivity index (χ0n) is 21.2. The molecule has 0 aromatic heterocycles. The first kappa shape index (κ1) is 27.6. The topological polar surface area (TPSA) is 97.0 Å². The van der Waals surface area contributed by atoms with Gasteiger partial charge in [0.1, 0.15) is 11.6 Å². The summed E-state index contributed by atoms with van der Waals surface area (Å²) in [5, 5.41) is 5.03. The number of halogens is 2. The zero-order valence-corrected chi connectivity index (χ0v) is 22.7. The molecule has 0 saturated carbocycles. The van der Waals surface area contributed by atoms with Crippen molar-refractivity contribution in [2.75, 3.05) is 17.4 Å². The van der Waals surface area contributed by atoms with E-state index in [2.05, 4.69) is 10.7 Å². The van der Waals surface area contributed by atoms with Crippen LogP contribution in [-0.2, 0) is 25.5 Å². The normalized spacial score (nSPS) is 17.2. The number of fused-ring (bicyclic) bond motifs is 1. The smallest absolute Gasteiger partial charge is 0.412 e. The van der Waals surface area contributed by atoms with Crippen LogP contribution < -0.4 is 15.8 Å². The van der Waals surface area contributed by atoms with Crippen LogP contribution in [0, 0.1) is 0 Å². The van der Waals surface area contributed by atoms with Crippen molar-refractivity contribution in [2.45, 2.75) is 65.0 Å². The van der Waals surface area contributed by atoms with Crippen molar-refractivity contribution < 1.29 is 23.9 Å². The van der Waals surface area contributed by atoms with Gasteiger partial charge >= 0.3 is 12.1 Å². The molecule has 2 N–H and O–H groups in total. The summed E-state index contributed by atoms with van der Waals surface area (Å²) < 4.78 is 10.4. The van der Waals surface area contributed by atoms with Crippen LogP contribution in [0.2, 0.25) is 10.0 Å². The van der Waals surface area contributed by atoms with Gasteiger partial charge in [0.05, 0.1) is 12.8 Å². The van der Waals surface area contributed by atoms with Gasteiger partial charge in [0.2, 0.25) is 5.91 Å². The van der Waals surface area contributed by atoms with Gasteiger partial charge in [0.15, 0.2) is 0 Å². The Bertz CT molecular complexity index is 1180. The minimum absolute atomic E-state index is 0.299. The Morgan fingerprint density at radius 2 is 1.83 bits per heavy atom. The summed E-state index contributed by atoms with van der Waals surface area (Å²) in [6, 6.07) is 8.09. The predicted molar refractivity (Wildman–Crippen MR) is 141 cm³/mol. The second kappa shape index (κ2) is 11.0. The highest BCUT2D eigenvalue weighted by atomic mass is 35.5. The van der Waals surface area contributed by atoms with Gasteiger partial charge in [-0.05, 0) is 69.0 Å². The summed E-state index contributed by atoms with van der Waals surface area (Å²) >= 11 is 13.0. The van der Waals surface area contributed by atoms with E-state index >= 15 is 0 Å². The molecule has 0 unspecified atom stereocenters. The number of nitrogens with zero attached hydrogens (tertiary/aromatic N) is 1. The van der Waals surface area contributed by atoms with Crippen molar-refractivity contribution in [1.29, 1.82) is 0 Å². The summed E-state index contributed by atoms with van der Waals surface area (Å²) in [4.78, 5) is 37.1. The van der Waals surface area contributed by atoms with E-state index in [9.17, 15) is 14.4 Å². The lowest BCUT2D eigenvalue weighted by Crippen LogP contribution is -2.55. The first-order chi connectivity index (χ1) is 16.8. The summed E-state index contributed by atoms with van der Waals surface area (Å²) in [6.45, 7) is 8.76. The Labute approximate surface area is 221 Å². The fourth-order valence-corrected chi connectivity index (χ4v) is 5.02. The van der Waals surface area contributed by atoms with Crippen LogP contribution in [0.1, 0.15) is 63.6 Å². The molecule has 0 saturated heterocycles. The molecule has 1 heterocycles. The number of hydrogen-bond acceptors (Lipinski definition) is 6. The second-order valence-corrected chi connectivity index (χ2v) is 10.4. The lowest BCUT2D eigenvalue weighted by atomic mass is 9.79. The van der Waals surface area contributed by atoms with E-state index in [1.165, 1.54) is 19.0 Å². The van der Waals surface area contributed by atoms with E-state index < -0.39 is 23.7 Å². The molecule has 36 heavy (non-hydrogen) atoms. The minimum Gasteiger partial charge on any atom is -0.467 e. The maximum atomic E-state index is 12.8. The number of rotatable bonds is 5. The number of carbonyl (C=O) groups is 3. The number of esters is 1. The van der Waals surface area contributed by atoms with Crippen molar-refractivity contribution in [3.63, 3.8) is 0 Å². The van der Waals surface area contributed by atoms with Crippen LogP contribution in [0.25, 0.3) is 0 Å². The number of aryl methyl sites for hydroxylation is 1. The molecule has 10 heteroatoms. The van der Waals surface area contributed by atoms with Crippen LogP contribution in [0.4, 0.5) is 16.2 Å². The van der Waals surface area contributed by atoms with Gasteiger partial charge < -0.3 is 9.47 Å². The number of methoxy groups -OCH3 is 1. The van der Waals surface area contributed by atoms with E-state index in [0.29, 0.717) is 34.3 Å². The van der Waals surface area contributed by atoms with Gasteiger partial charge in [0.25, 0.3) is 0 Å². The molecule has 3 rings (SSSR count). The van der Waals surface area contributed by atoms with Gasteiger partial charge in [-0.2, -0.15) is 0 Å². The molecular weight excluding hydrogens is 505 g/mol. The van der Waals surface area contributed by atoms with Crippen LogP contribution in [0.5, 0.6) is 0 Å². The number of anilines is 2. The lowest BCUT2D eigenvalue weighted by molar-refractivity contribution is -0.142. The molecule has 0 aliphatic carbocycles. The molecule has 1 aliphatic heterocycles. The third-order valence-electron chi connectivity index (χ3n) is 5.75. The average Bonchev–Trinajstić information content (AvgIpc) is 2.77. The Balaban J connectivity index is 2.10. The molecule has 1 aliphatic rings. The van der Waals surface area contributed by atoms with Gasteiger partial charge in [-0.15, -0.1) is 0 Å². The van der Waals surface area contributed by atoms with E-state index in [0.717, 1.165) is 16.7 Å². The van der Waals surface area contributed by atoms with Crippen molar-refractivity contribution in [2.24, 2.45) is 0 Å². The quantitative estimate of drug-likeness (QED) is 0.467. The van der Waals surface area contributed by atoms with Gasteiger partial charge in [-0.1, -0.05) is 36.2 Å². The first-order valence-corrected chi connectivity index (χ1v) is 12.4. The minimum atomic E-state index is -0.810. The van der Waals surface area contributed by atoms with Gasteiger partial charge in [-0.25, -0.2) is 9.59 Å². The third-order valence-corrected chi connectivity index (χ3v) is 6.28. The standard InChI is InChI=1S/C26H31Cl2N3O5/c1-7-15-10-17(29-25(34)36-26(3,4)5)8-9-18(15)19-13-22(24(33)35-6)31(30-14(2)32)21-12-16(27)11-20(28)23(19)21/h8-12,19,22H,7,13H2,1-6H3,(H,29,34)(H,30,32)/t19-,22-/m1/s1. The average molecular weight is 536 g/mol. The molecular formula is C26H31Cl2N3O5. The molecule has 194 valence electrons. The SMILES string of the molecule is CCc1cc(NC(=O)OC(C)(C)C)ccc1[C@H]1C[C@H](C(=O)OC)N(NC(C)=O)c2cc(Cl)cc(Cl)c21. The summed E-state index contributed by atoms with van der Waals surface area (Å²) in [7, 11) is 1.30. The van der Waals surface area contributed by atoms with Crippen LogP contribution >= 0.6 is 23.2 Å². The van der Waals surface area contributed by atoms with E-state index in [1.54, 1.807) is 39.0 Å². The number of ether oxygens (including phenoxy) is 2. The number of hydrazine groups is 1. The van der Waals surface area contributed by atoms with E-state index in [-0.39, 0.29) is 11.8 Å². The fourth-order valence-electron chi connectivity index (χ4n) is 4.41. The highest BCUT2D eigenvalue weighted by molar-refractivity contribution is 6.35. The second-order valence-electron chi connectivity index (χ2n) is 9.58. The molecule has 0 fully saturated rings. The number of carbonyl (C=O) groups excluding carboxylic acids is 3. The van der Waals surface area contributed by atoms with Crippen LogP contribution in [0.15, 0.2) is 30.3 Å². The molecule has 2 aromatic rings. The molecule has 2 aromatic carbocycles. The highest BCUT2D eigenvalue weighted by Crippen LogP contribution is 2.47. The largest absolute Gasteiger partial charge is 0.467 e. The van der Waals surface area contributed by atoms with E-state index in [4.69, 9.17) is 32.7 Å². The summed E-state index contributed by atoms with van der Waals surface area (Å²) in [5.41, 5.74) is 5.85. The van der Waals surface area contributed by atoms with Crippen LogP contribution in [0.3, 0.4) is 0 Å². The van der Waals surface area contributed by atoms with Gasteiger partial charge in [-0.3, -0.25) is 20.5 Å². The predicted octanol–water partition coefficient (Wildman–Crippen LogP) is 5.84. The van der Waals surface area contributed by atoms with E-state index in [1.807, 2.05) is 19.1 Å². The molecule has 0 radical (unpaired) electrons. The molecule has 0 spiro atoms. The van der Waals surface area contributed by atoms with Crippen molar-refractivity contribution in [3.05, 3.63) is 57.1 Å². The van der Waals surface area contributed by atoms with Gasteiger partial charge in [0, 0.05) is 34.1 Å². The molecule has 8 nitrogen and oxygen atoms in total. The van der Waals surface area contributed by atoms with Crippen LogP contribution in [-0.4, -0.2) is 36.7 Å². The van der Waals surface area contributed by atoms with Crippen molar-refractivity contribution in [1.82, 2.24) is 5.43 Å². The first-order valence-electron chi connectivity index (χ1n) is 11.6. The monoisotopic (exact) mass is 535 g/mol. The molecule has 2 amide bonds. The number of hydrogen-bond donors (Lipinski definition) is 2. The molecule has 2 atom stereocenters. The lowest BCUT2D eigenvalue weighted by Gasteiger charge is -2.41. The Kier molecular flexibility index (Phi) is 8.41. The highest BCUT2D eigenvalue weighted by Gasteiger charge is 2.41. The fraction of sp³-hybridized carbons (Fsp3) is 0.423. The third kappa shape index (κ3) is 6.23. The molecule has 0 bridgehead atoms. The number of amides is 2. The summed E-state index contributed by atoms with van der Waals surface area (Å²) in [6.07, 6.45) is 0.413. The van der Waals surface area contributed by atoms with Crippen molar-refractivity contribution in [3.8, 4) is 0 Å². The summed E-state index contributed by atoms with van der Waals surface area (Å²) in [5.74, 6) is -1.16. The van der Waals surface area contributed by atoms with Crippen molar-refractivity contribution >= 4 is 52.5 Å². The maximum Gasteiger partial charge on any atom is 0.412 e. The number of benzene rings is 2.